The van der Waals surface area contributed by atoms with Crippen LogP contribution in [-0.4, -0.2) is 35.0 Å². The Morgan fingerprint density at radius 1 is 1.07 bits per heavy atom. The number of rotatable bonds is 8. The van der Waals surface area contributed by atoms with Crippen LogP contribution in [0.25, 0.3) is 0 Å². The van der Waals surface area contributed by atoms with E-state index < -0.39 is 6.04 Å². The molecule has 0 bridgehead atoms. The molecule has 0 aliphatic heterocycles. The summed E-state index contributed by atoms with van der Waals surface area (Å²) in [7, 11) is 3.48. The molecule has 0 aliphatic rings. The maximum atomic E-state index is 12.6. The maximum absolute atomic E-state index is 12.6. The molecule has 2 aromatic carbocycles. The molecule has 1 aromatic heterocycles. The van der Waals surface area contributed by atoms with E-state index in [1.807, 2.05) is 42.1 Å². The Kier molecular flexibility index (Phi) is 6.29. The minimum Gasteiger partial charge on any atom is -0.497 e. The summed E-state index contributed by atoms with van der Waals surface area (Å²) in [6.07, 6.45) is 3.51. The first kappa shape index (κ1) is 20.1. The molecule has 1 unspecified atom stereocenters. The van der Waals surface area contributed by atoms with Crippen molar-refractivity contribution in [3.8, 4) is 11.5 Å². The normalized spacial score (nSPS) is 11.6. The van der Waals surface area contributed by atoms with Gasteiger partial charge in [-0.05, 0) is 48.9 Å². The molecule has 1 heterocycles. The molecule has 0 radical (unpaired) electrons. The molecule has 29 heavy (non-hydrogen) atoms. The summed E-state index contributed by atoms with van der Waals surface area (Å²) >= 11 is 0. The van der Waals surface area contributed by atoms with Crippen molar-refractivity contribution in [3.05, 3.63) is 77.9 Å². The third-order valence-electron chi connectivity index (χ3n) is 4.50. The van der Waals surface area contributed by atoms with E-state index in [-0.39, 0.29) is 18.3 Å². The Labute approximate surface area is 169 Å². The second kappa shape index (κ2) is 9.05. The first-order valence-electron chi connectivity index (χ1n) is 9.12. The number of carbonyl (C=O) groups excluding carboxylic acids is 2. The fourth-order valence-corrected chi connectivity index (χ4v) is 2.89. The Balaban J connectivity index is 1.70. The molecule has 1 N–H and O–H groups in total. The average Bonchev–Trinajstić information content (AvgIpc) is 3.16. The van der Waals surface area contributed by atoms with E-state index >= 15 is 0 Å². The van der Waals surface area contributed by atoms with Gasteiger partial charge in [-0.3, -0.25) is 9.59 Å². The Bertz CT molecular complexity index is 978. The van der Waals surface area contributed by atoms with Crippen LogP contribution >= 0.6 is 0 Å². The lowest BCUT2D eigenvalue weighted by atomic mass is 10.1. The lowest BCUT2D eigenvalue weighted by Crippen LogP contribution is -2.34. The zero-order valence-electron chi connectivity index (χ0n) is 16.6. The van der Waals surface area contributed by atoms with Gasteiger partial charge >= 0.3 is 0 Å². The van der Waals surface area contributed by atoms with Gasteiger partial charge in [0.15, 0.2) is 12.4 Å². The predicted octanol–water partition coefficient (Wildman–Crippen LogP) is 2.92. The zero-order valence-corrected chi connectivity index (χ0v) is 16.6. The summed E-state index contributed by atoms with van der Waals surface area (Å²) in [5, 5.41) is 2.97. The number of methoxy groups -OCH3 is 1. The van der Waals surface area contributed by atoms with Crippen molar-refractivity contribution in [1.29, 1.82) is 0 Å². The van der Waals surface area contributed by atoms with Crippen LogP contribution in [0.3, 0.4) is 0 Å². The molecule has 1 amide bonds. The van der Waals surface area contributed by atoms with E-state index in [4.69, 9.17) is 9.47 Å². The van der Waals surface area contributed by atoms with Gasteiger partial charge in [-0.2, -0.15) is 0 Å². The monoisotopic (exact) mass is 393 g/mol. The summed E-state index contributed by atoms with van der Waals surface area (Å²) in [4.78, 5) is 28.3. The summed E-state index contributed by atoms with van der Waals surface area (Å²) < 4.78 is 12.6. The number of imidazole rings is 1. The standard InChI is InChI=1S/C22H23N3O4/c1-15(26)16-4-10-19(11-5-16)29-14-20(27)24-21(22-23-12-13-25(22)2)17-6-8-18(28-3)9-7-17/h4-13,21H,14H2,1-3H3,(H,24,27). The highest BCUT2D eigenvalue weighted by atomic mass is 16.5. The van der Waals surface area contributed by atoms with E-state index in [1.165, 1.54) is 6.92 Å². The molecular formula is C22H23N3O4. The summed E-state index contributed by atoms with van der Waals surface area (Å²) in [6, 6.07) is 13.7. The van der Waals surface area contributed by atoms with Gasteiger partial charge < -0.3 is 19.4 Å². The van der Waals surface area contributed by atoms with Crippen LogP contribution in [0.15, 0.2) is 60.9 Å². The van der Waals surface area contributed by atoms with E-state index in [0.29, 0.717) is 17.1 Å². The number of amides is 1. The molecule has 0 fully saturated rings. The minimum atomic E-state index is -0.433. The van der Waals surface area contributed by atoms with Crippen molar-refractivity contribution in [2.24, 2.45) is 7.05 Å². The van der Waals surface area contributed by atoms with Gasteiger partial charge in [-0.15, -0.1) is 0 Å². The fraction of sp³-hybridized carbons (Fsp3) is 0.227. The van der Waals surface area contributed by atoms with E-state index in [2.05, 4.69) is 10.3 Å². The van der Waals surface area contributed by atoms with Crippen molar-refractivity contribution in [3.63, 3.8) is 0 Å². The number of benzene rings is 2. The topological polar surface area (TPSA) is 82.4 Å². The molecule has 150 valence electrons. The zero-order chi connectivity index (χ0) is 20.8. The molecule has 1 atom stereocenters. The maximum Gasteiger partial charge on any atom is 0.258 e. The Morgan fingerprint density at radius 2 is 1.72 bits per heavy atom. The molecular weight excluding hydrogens is 370 g/mol. The van der Waals surface area contributed by atoms with E-state index in [9.17, 15) is 9.59 Å². The Hall–Kier alpha value is -3.61. The molecule has 7 heteroatoms. The number of hydrogen-bond donors (Lipinski definition) is 1. The number of nitrogens with one attached hydrogen (secondary N) is 1. The fourth-order valence-electron chi connectivity index (χ4n) is 2.89. The molecule has 0 aliphatic carbocycles. The molecule has 0 saturated carbocycles. The second-order valence-electron chi connectivity index (χ2n) is 6.54. The second-order valence-corrected chi connectivity index (χ2v) is 6.54. The summed E-state index contributed by atoms with van der Waals surface area (Å²) in [5.74, 6) is 1.64. The van der Waals surface area contributed by atoms with Gasteiger partial charge in [-0.25, -0.2) is 4.98 Å². The van der Waals surface area contributed by atoms with Crippen molar-refractivity contribution < 1.29 is 19.1 Å². The lowest BCUT2D eigenvalue weighted by molar-refractivity contribution is -0.123. The number of nitrogens with zero attached hydrogens (tertiary/aromatic N) is 2. The van der Waals surface area contributed by atoms with Crippen LogP contribution in [0, 0.1) is 0 Å². The van der Waals surface area contributed by atoms with Crippen molar-refractivity contribution >= 4 is 11.7 Å². The quantitative estimate of drug-likeness (QED) is 0.595. The van der Waals surface area contributed by atoms with Crippen LogP contribution in [0.2, 0.25) is 0 Å². The predicted molar refractivity (Wildman–Crippen MR) is 108 cm³/mol. The Morgan fingerprint density at radius 3 is 2.28 bits per heavy atom. The smallest absolute Gasteiger partial charge is 0.258 e. The van der Waals surface area contributed by atoms with Gasteiger partial charge in [0.05, 0.1) is 7.11 Å². The molecule has 0 spiro atoms. The van der Waals surface area contributed by atoms with Crippen LogP contribution in [-0.2, 0) is 11.8 Å². The van der Waals surface area contributed by atoms with Crippen LogP contribution < -0.4 is 14.8 Å². The van der Waals surface area contributed by atoms with Gasteiger partial charge in [-0.1, -0.05) is 12.1 Å². The van der Waals surface area contributed by atoms with Gasteiger partial charge in [0.25, 0.3) is 5.91 Å². The third-order valence-corrected chi connectivity index (χ3v) is 4.50. The average molecular weight is 393 g/mol. The van der Waals surface area contributed by atoms with Crippen molar-refractivity contribution in [2.45, 2.75) is 13.0 Å². The van der Waals surface area contributed by atoms with Gasteiger partial charge in [0, 0.05) is 25.0 Å². The SMILES string of the molecule is COc1ccc(C(NC(=O)COc2ccc(C(C)=O)cc2)c2nccn2C)cc1. The number of ketones is 1. The van der Waals surface area contributed by atoms with Gasteiger partial charge in [0.1, 0.15) is 23.4 Å². The minimum absolute atomic E-state index is 0.0216. The largest absolute Gasteiger partial charge is 0.497 e. The third kappa shape index (κ3) is 5.01. The first-order chi connectivity index (χ1) is 14.0. The number of aromatic nitrogens is 2. The highest BCUT2D eigenvalue weighted by Crippen LogP contribution is 2.23. The number of hydrogen-bond acceptors (Lipinski definition) is 5. The van der Waals surface area contributed by atoms with Crippen LogP contribution in [0.5, 0.6) is 11.5 Å². The lowest BCUT2D eigenvalue weighted by Gasteiger charge is -2.19. The highest BCUT2D eigenvalue weighted by Gasteiger charge is 2.21. The highest BCUT2D eigenvalue weighted by molar-refractivity contribution is 5.94. The summed E-state index contributed by atoms with van der Waals surface area (Å²) in [6.45, 7) is 1.34. The van der Waals surface area contributed by atoms with E-state index in [1.54, 1.807) is 37.6 Å². The van der Waals surface area contributed by atoms with Gasteiger partial charge in [0.2, 0.25) is 0 Å². The van der Waals surface area contributed by atoms with Crippen LogP contribution in [0.4, 0.5) is 0 Å². The number of Topliss-reactive ketones (excluding diaryl/α,β-unsaturated/α-hetero) is 1. The van der Waals surface area contributed by atoms with Crippen LogP contribution in [0.1, 0.15) is 34.7 Å². The molecule has 3 rings (SSSR count). The number of carbonyl (C=O) groups is 2. The van der Waals surface area contributed by atoms with Crippen molar-refractivity contribution in [2.75, 3.05) is 13.7 Å². The molecule has 7 nitrogen and oxygen atoms in total. The molecule has 0 saturated heterocycles. The number of ether oxygens (including phenoxy) is 2. The summed E-state index contributed by atoms with van der Waals surface area (Å²) in [5.41, 5.74) is 1.47. The number of aryl methyl sites for hydroxylation is 1. The molecule has 3 aromatic rings. The van der Waals surface area contributed by atoms with Crippen molar-refractivity contribution in [1.82, 2.24) is 14.9 Å². The first-order valence-corrected chi connectivity index (χ1v) is 9.12. The van der Waals surface area contributed by atoms with E-state index in [0.717, 1.165) is 11.3 Å².